The van der Waals surface area contributed by atoms with E-state index < -0.39 is 11.7 Å². The fourth-order valence-corrected chi connectivity index (χ4v) is 2.86. The number of halogens is 2. The van der Waals surface area contributed by atoms with E-state index in [1.54, 1.807) is 18.2 Å². The molecule has 3 rings (SSSR count). The first kappa shape index (κ1) is 17.8. The largest absolute Gasteiger partial charge is 0.477 e. The highest BCUT2D eigenvalue weighted by Crippen LogP contribution is 2.21. The number of pyridine rings is 1. The molecule has 0 saturated carbocycles. The van der Waals surface area contributed by atoms with Crippen molar-refractivity contribution in [3.8, 4) is 5.88 Å². The van der Waals surface area contributed by atoms with E-state index in [9.17, 15) is 9.18 Å². The summed E-state index contributed by atoms with van der Waals surface area (Å²) in [6.07, 6.45) is 3.43. The van der Waals surface area contributed by atoms with E-state index in [4.69, 9.17) is 9.47 Å². The van der Waals surface area contributed by atoms with Crippen molar-refractivity contribution in [1.29, 1.82) is 0 Å². The smallest absolute Gasteiger partial charge is 0.255 e. The average molecular weight is 409 g/mol. The van der Waals surface area contributed by atoms with Crippen molar-refractivity contribution in [3.63, 3.8) is 0 Å². The molecule has 0 unspecified atom stereocenters. The number of carbonyl (C=O) groups is 1. The van der Waals surface area contributed by atoms with Crippen LogP contribution >= 0.6 is 15.9 Å². The van der Waals surface area contributed by atoms with E-state index in [0.717, 1.165) is 26.1 Å². The first-order valence-electron chi connectivity index (χ1n) is 8.05. The lowest BCUT2D eigenvalue weighted by Crippen LogP contribution is -2.21. The average Bonchev–Trinajstić information content (AvgIpc) is 2.63. The molecule has 1 amide bonds. The second-order valence-electron chi connectivity index (χ2n) is 5.83. The highest BCUT2D eigenvalue weighted by molar-refractivity contribution is 9.10. The Morgan fingerprint density at radius 1 is 1.32 bits per heavy atom. The number of amides is 1. The summed E-state index contributed by atoms with van der Waals surface area (Å²) >= 11 is 3.18. The summed E-state index contributed by atoms with van der Waals surface area (Å²) in [5.41, 5.74) is 0.481. The van der Waals surface area contributed by atoms with Gasteiger partial charge in [0.25, 0.3) is 5.91 Å². The van der Waals surface area contributed by atoms with Crippen molar-refractivity contribution < 1.29 is 18.7 Å². The molecule has 1 saturated heterocycles. The molecule has 0 bridgehead atoms. The summed E-state index contributed by atoms with van der Waals surface area (Å²) in [5, 5.41) is 2.55. The molecular weight excluding hydrogens is 391 g/mol. The molecule has 0 atom stereocenters. The zero-order valence-corrected chi connectivity index (χ0v) is 15.1. The zero-order valence-electron chi connectivity index (χ0n) is 13.5. The van der Waals surface area contributed by atoms with Gasteiger partial charge in [-0.2, -0.15) is 0 Å². The van der Waals surface area contributed by atoms with Gasteiger partial charge in [-0.15, -0.1) is 0 Å². The number of carbonyl (C=O) groups excluding carboxylic acids is 1. The summed E-state index contributed by atoms with van der Waals surface area (Å²) in [6, 6.07) is 7.58. The van der Waals surface area contributed by atoms with Crippen molar-refractivity contribution >= 4 is 27.5 Å². The fourth-order valence-electron chi connectivity index (χ4n) is 2.53. The standard InChI is InChI=1S/C18H18BrFN2O3/c19-14-1-2-16(15(20)10-14)22-18(23)13-3-6-21-17(9-13)25-11-12-4-7-24-8-5-12/h1-3,6,9-10,12H,4-5,7-8,11H2,(H,22,23). The highest BCUT2D eigenvalue weighted by atomic mass is 79.9. The third kappa shape index (κ3) is 4.99. The number of benzene rings is 1. The molecule has 2 aromatic rings. The van der Waals surface area contributed by atoms with Crippen molar-refractivity contribution in [2.75, 3.05) is 25.1 Å². The Hall–Kier alpha value is -1.99. The Morgan fingerprint density at radius 3 is 2.88 bits per heavy atom. The van der Waals surface area contributed by atoms with Crippen molar-refractivity contribution in [1.82, 2.24) is 4.98 Å². The van der Waals surface area contributed by atoms with Crippen LogP contribution in [0.15, 0.2) is 41.0 Å². The minimum absolute atomic E-state index is 0.120. The quantitative estimate of drug-likeness (QED) is 0.810. The van der Waals surface area contributed by atoms with Gasteiger partial charge in [0.05, 0.1) is 12.3 Å². The first-order chi connectivity index (χ1) is 12.1. The van der Waals surface area contributed by atoms with Crippen molar-refractivity contribution in [2.24, 2.45) is 5.92 Å². The number of nitrogens with one attached hydrogen (secondary N) is 1. The maximum absolute atomic E-state index is 13.8. The van der Waals surface area contributed by atoms with Crippen LogP contribution in [0.1, 0.15) is 23.2 Å². The Balaban J connectivity index is 1.62. The van der Waals surface area contributed by atoms with Gasteiger partial charge < -0.3 is 14.8 Å². The van der Waals surface area contributed by atoms with Gasteiger partial charge in [0.1, 0.15) is 5.82 Å². The maximum atomic E-state index is 13.8. The van der Waals surface area contributed by atoms with E-state index in [-0.39, 0.29) is 5.69 Å². The Labute approximate surface area is 153 Å². The number of ether oxygens (including phenoxy) is 2. The summed E-state index contributed by atoms with van der Waals surface area (Å²) in [5.74, 6) is -0.104. The van der Waals surface area contributed by atoms with Gasteiger partial charge in [0.2, 0.25) is 5.88 Å². The Kier molecular flexibility index (Phi) is 5.99. The van der Waals surface area contributed by atoms with Crippen molar-refractivity contribution in [3.05, 3.63) is 52.4 Å². The number of aromatic nitrogens is 1. The van der Waals surface area contributed by atoms with Gasteiger partial charge in [-0.3, -0.25) is 4.79 Å². The van der Waals surface area contributed by atoms with E-state index in [1.807, 2.05) is 0 Å². The van der Waals surface area contributed by atoms with Crippen LogP contribution in [-0.4, -0.2) is 30.7 Å². The Bertz CT molecular complexity index is 751. The predicted molar refractivity (Wildman–Crippen MR) is 95.3 cm³/mol. The summed E-state index contributed by atoms with van der Waals surface area (Å²) < 4.78 is 25.5. The van der Waals surface area contributed by atoms with Crippen LogP contribution in [0.4, 0.5) is 10.1 Å². The lowest BCUT2D eigenvalue weighted by molar-refractivity contribution is 0.0490. The van der Waals surface area contributed by atoms with E-state index in [2.05, 4.69) is 26.2 Å². The monoisotopic (exact) mass is 408 g/mol. The van der Waals surface area contributed by atoms with Crippen LogP contribution < -0.4 is 10.1 Å². The zero-order chi connectivity index (χ0) is 17.6. The van der Waals surface area contributed by atoms with E-state index >= 15 is 0 Å². The summed E-state index contributed by atoms with van der Waals surface area (Å²) in [4.78, 5) is 16.4. The van der Waals surface area contributed by atoms with Crippen LogP contribution in [0, 0.1) is 11.7 Å². The predicted octanol–water partition coefficient (Wildman–Crippen LogP) is 4.04. The van der Waals surface area contributed by atoms with Gasteiger partial charge in [-0.05, 0) is 43.0 Å². The number of anilines is 1. The molecule has 7 heteroatoms. The fraction of sp³-hybridized carbons (Fsp3) is 0.333. The molecule has 5 nitrogen and oxygen atoms in total. The van der Waals surface area contributed by atoms with Gasteiger partial charge >= 0.3 is 0 Å². The number of nitrogens with zero attached hydrogens (tertiary/aromatic N) is 1. The van der Waals surface area contributed by atoms with Crippen LogP contribution in [-0.2, 0) is 4.74 Å². The van der Waals surface area contributed by atoms with Crippen LogP contribution in [0.5, 0.6) is 5.88 Å². The molecule has 2 heterocycles. The molecule has 1 aromatic heterocycles. The lowest BCUT2D eigenvalue weighted by Gasteiger charge is -2.21. The molecule has 132 valence electrons. The molecular formula is C18H18BrFN2O3. The third-order valence-corrected chi connectivity index (χ3v) is 4.48. The molecule has 1 aliphatic rings. The van der Waals surface area contributed by atoms with E-state index in [0.29, 0.717) is 28.4 Å². The number of hydrogen-bond donors (Lipinski definition) is 1. The van der Waals surface area contributed by atoms with Gasteiger partial charge in [0, 0.05) is 35.5 Å². The second-order valence-corrected chi connectivity index (χ2v) is 6.74. The van der Waals surface area contributed by atoms with Gasteiger partial charge in [-0.1, -0.05) is 15.9 Å². The van der Waals surface area contributed by atoms with E-state index in [1.165, 1.54) is 18.3 Å². The molecule has 1 aromatic carbocycles. The SMILES string of the molecule is O=C(Nc1ccc(Br)cc1F)c1ccnc(OCC2CCOCC2)c1. The van der Waals surface area contributed by atoms with Gasteiger partial charge in [0.15, 0.2) is 0 Å². The minimum atomic E-state index is -0.507. The molecule has 0 radical (unpaired) electrons. The van der Waals surface area contributed by atoms with Crippen LogP contribution in [0.3, 0.4) is 0 Å². The number of rotatable bonds is 5. The summed E-state index contributed by atoms with van der Waals surface area (Å²) in [6.45, 7) is 2.05. The highest BCUT2D eigenvalue weighted by Gasteiger charge is 2.15. The molecule has 1 N–H and O–H groups in total. The molecule has 0 aliphatic carbocycles. The normalized spacial score (nSPS) is 15.0. The lowest BCUT2D eigenvalue weighted by atomic mass is 10.0. The topological polar surface area (TPSA) is 60.5 Å². The van der Waals surface area contributed by atoms with Crippen molar-refractivity contribution in [2.45, 2.75) is 12.8 Å². The number of hydrogen-bond acceptors (Lipinski definition) is 4. The maximum Gasteiger partial charge on any atom is 0.255 e. The van der Waals surface area contributed by atoms with Crippen LogP contribution in [0.2, 0.25) is 0 Å². The molecule has 0 spiro atoms. The van der Waals surface area contributed by atoms with Gasteiger partial charge in [-0.25, -0.2) is 9.37 Å². The Morgan fingerprint density at radius 2 is 2.12 bits per heavy atom. The minimum Gasteiger partial charge on any atom is -0.477 e. The third-order valence-electron chi connectivity index (χ3n) is 3.98. The van der Waals surface area contributed by atoms with Crippen LogP contribution in [0.25, 0.3) is 0 Å². The first-order valence-corrected chi connectivity index (χ1v) is 8.84. The summed E-state index contributed by atoms with van der Waals surface area (Å²) in [7, 11) is 0. The molecule has 25 heavy (non-hydrogen) atoms. The molecule has 1 aliphatic heterocycles. The second kappa shape index (κ2) is 8.40. The molecule has 1 fully saturated rings.